The molecule has 1 aromatic rings. The topological polar surface area (TPSA) is 50.4 Å². The van der Waals surface area contributed by atoms with E-state index in [4.69, 9.17) is 4.74 Å². The summed E-state index contributed by atoms with van der Waals surface area (Å²) in [6.07, 6.45) is 1.87. The highest BCUT2D eigenvalue weighted by molar-refractivity contribution is 5.59. The molecule has 2 N–H and O–H groups in total. The number of rotatable bonds is 5. The van der Waals surface area contributed by atoms with E-state index in [-0.39, 0.29) is 6.04 Å². The van der Waals surface area contributed by atoms with Crippen molar-refractivity contribution in [3.63, 3.8) is 0 Å². The molecule has 1 aromatic carbocycles. The Bertz CT molecular complexity index is 391. The smallest absolute Gasteiger partial charge is 0.138 e. The van der Waals surface area contributed by atoms with Crippen LogP contribution in [0.1, 0.15) is 19.4 Å². The first-order valence-corrected chi connectivity index (χ1v) is 6.42. The predicted octanol–water partition coefficient (Wildman–Crippen LogP) is 1.31. The molecule has 0 radical (unpaired) electrons. The van der Waals surface area contributed by atoms with Crippen molar-refractivity contribution in [3.05, 3.63) is 29.8 Å². The van der Waals surface area contributed by atoms with Crippen molar-refractivity contribution in [1.82, 2.24) is 10.9 Å². The fraction of sp³-hybridized carbons (Fsp3) is 0.500. The normalized spacial score (nSPS) is 27.1. The molecule has 4 nitrogen and oxygen atoms in total. The van der Waals surface area contributed by atoms with Crippen LogP contribution in [-0.2, 0) is 11.2 Å². The molecule has 0 saturated carbocycles. The Balaban J connectivity index is 2.01. The van der Waals surface area contributed by atoms with Crippen molar-refractivity contribution < 1.29 is 9.53 Å². The summed E-state index contributed by atoms with van der Waals surface area (Å²) < 4.78 is 5.41. The minimum atomic E-state index is -0.105. The summed E-state index contributed by atoms with van der Waals surface area (Å²) in [5.41, 5.74) is 7.36. The summed E-state index contributed by atoms with van der Waals surface area (Å²) in [7, 11) is 0. The van der Waals surface area contributed by atoms with Crippen LogP contribution in [0.3, 0.4) is 0 Å². The average Bonchev–Trinajstić information content (AvgIpc) is 2.73. The first kappa shape index (κ1) is 13.1. The van der Waals surface area contributed by atoms with Gasteiger partial charge in [0.2, 0.25) is 0 Å². The lowest BCUT2D eigenvalue weighted by molar-refractivity contribution is -0.110. The molecule has 1 aliphatic heterocycles. The van der Waals surface area contributed by atoms with Gasteiger partial charge >= 0.3 is 0 Å². The van der Waals surface area contributed by atoms with E-state index in [2.05, 4.69) is 29.9 Å². The Morgan fingerprint density at radius 3 is 2.61 bits per heavy atom. The molecule has 1 aliphatic rings. The fourth-order valence-corrected chi connectivity index (χ4v) is 2.35. The second-order valence-electron chi connectivity index (χ2n) is 4.68. The van der Waals surface area contributed by atoms with Crippen LogP contribution in [0.4, 0.5) is 0 Å². The number of hydrogen-bond acceptors (Lipinski definition) is 4. The van der Waals surface area contributed by atoms with Crippen LogP contribution < -0.4 is 15.6 Å². The first-order valence-electron chi connectivity index (χ1n) is 6.42. The molecule has 18 heavy (non-hydrogen) atoms. The number of aldehydes is 1. The highest BCUT2D eigenvalue weighted by Crippen LogP contribution is 2.21. The monoisotopic (exact) mass is 248 g/mol. The van der Waals surface area contributed by atoms with E-state index in [1.54, 1.807) is 0 Å². The van der Waals surface area contributed by atoms with Crippen molar-refractivity contribution in [2.75, 3.05) is 6.61 Å². The van der Waals surface area contributed by atoms with Gasteiger partial charge < -0.3 is 9.53 Å². The van der Waals surface area contributed by atoms with Crippen LogP contribution in [0.2, 0.25) is 0 Å². The Morgan fingerprint density at radius 1 is 1.28 bits per heavy atom. The van der Waals surface area contributed by atoms with Crippen molar-refractivity contribution in [2.45, 2.75) is 32.4 Å². The number of nitrogens with one attached hydrogen (secondary N) is 2. The van der Waals surface area contributed by atoms with Crippen molar-refractivity contribution in [1.29, 1.82) is 0 Å². The van der Waals surface area contributed by atoms with Gasteiger partial charge in [0.05, 0.1) is 12.6 Å². The number of hydrazine groups is 1. The first-order chi connectivity index (χ1) is 8.74. The quantitative estimate of drug-likeness (QED) is 0.771. The SMILES string of the molecule is CCOc1ccc(CC2C(C)NNC2C=O)cc1. The summed E-state index contributed by atoms with van der Waals surface area (Å²) in [6, 6.07) is 8.29. The van der Waals surface area contributed by atoms with Crippen LogP contribution in [0.25, 0.3) is 0 Å². The number of benzene rings is 1. The van der Waals surface area contributed by atoms with Gasteiger partial charge in [-0.1, -0.05) is 12.1 Å². The molecule has 98 valence electrons. The van der Waals surface area contributed by atoms with E-state index in [0.29, 0.717) is 18.6 Å². The third kappa shape index (κ3) is 2.89. The number of ether oxygens (including phenoxy) is 1. The second-order valence-corrected chi connectivity index (χ2v) is 4.68. The highest BCUT2D eigenvalue weighted by atomic mass is 16.5. The maximum Gasteiger partial charge on any atom is 0.138 e. The minimum Gasteiger partial charge on any atom is -0.494 e. The second kappa shape index (κ2) is 5.98. The zero-order chi connectivity index (χ0) is 13.0. The van der Waals surface area contributed by atoms with Crippen LogP contribution in [-0.4, -0.2) is 25.0 Å². The summed E-state index contributed by atoms with van der Waals surface area (Å²) in [6.45, 7) is 4.75. The van der Waals surface area contributed by atoms with E-state index < -0.39 is 0 Å². The Hall–Kier alpha value is -1.39. The number of carbonyl (C=O) groups excluding carboxylic acids is 1. The average molecular weight is 248 g/mol. The summed E-state index contributed by atoms with van der Waals surface area (Å²) in [5, 5.41) is 0. The van der Waals surface area contributed by atoms with Crippen LogP contribution in [0, 0.1) is 5.92 Å². The fourth-order valence-electron chi connectivity index (χ4n) is 2.35. The van der Waals surface area contributed by atoms with Gasteiger partial charge in [0.1, 0.15) is 12.0 Å². The molecule has 0 amide bonds. The van der Waals surface area contributed by atoms with Gasteiger partial charge in [0, 0.05) is 12.0 Å². The molecule has 0 spiro atoms. The van der Waals surface area contributed by atoms with Gasteiger partial charge in [-0.2, -0.15) is 0 Å². The van der Waals surface area contributed by atoms with Crippen molar-refractivity contribution >= 4 is 6.29 Å². The summed E-state index contributed by atoms with van der Waals surface area (Å²) >= 11 is 0. The van der Waals surface area contributed by atoms with Crippen LogP contribution in [0.15, 0.2) is 24.3 Å². The van der Waals surface area contributed by atoms with E-state index in [0.717, 1.165) is 18.5 Å². The molecule has 0 aromatic heterocycles. The van der Waals surface area contributed by atoms with Gasteiger partial charge in [0.25, 0.3) is 0 Å². The molecule has 1 saturated heterocycles. The third-order valence-electron chi connectivity index (χ3n) is 3.43. The lowest BCUT2D eigenvalue weighted by atomic mass is 9.89. The summed E-state index contributed by atoms with van der Waals surface area (Å²) in [5.74, 6) is 1.18. The lowest BCUT2D eigenvalue weighted by Gasteiger charge is -2.17. The minimum absolute atomic E-state index is 0.105. The Morgan fingerprint density at radius 2 is 2.00 bits per heavy atom. The van der Waals surface area contributed by atoms with Crippen LogP contribution >= 0.6 is 0 Å². The third-order valence-corrected chi connectivity index (χ3v) is 3.43. The Labute approximate surface area is 108 Å². The maximum atomic E-state index is 11.0. The molecule has 2 rings (SSSR count). The van der Waals surface area contributed by atoms with E-state index in [9.17, 15) is 4.79 Å². The molecule has 3 atom stereocenters. The standard InChI is InChI=1S/C14H20N2O2/c1-3-18-12-6-4-11(5-7-12)8-13-10(2)15-16-14(13)9-17/h4-7,9-10,13-16H,3,8H2,1-2H3. The van der Waals surface area contributed by atoms with Gasteiger partial charge in [-0.05, 0) is 38.0 Å². The molecular weight excluding hydrogens is 228 g/mol. The van der Waals surface area contributed by atoms with E-state index >= 15 is 0 Å². The van der Waals surface area contributed by atoms with Gasteiger partial charge in [-0.15, -0.1) is 0 Å². The van der Waals surface area contributed by atoms with E-state index in [1.165, 1.54) is 5.56 Å². The molecule has 4 heteroatoms. The molecule has 1 fully saturated rings. The van der Waals surface area contributed by atoms with Crippen molar-refractivity contribution in [3.8, 4) is 5.75 Å². The zero-order valence-corrected chi connectivity index (χ0v) is 10.8. The largest absolute Gasteiger partial charge is 0.494 e. The molecular formula is C14H20N2O2. The number of hydrogen-bond donors (Lipinski definition) is 2. The molecule has 0 aliphatic carbocycles. The highest BCUT2D eigenvalue weighted by Gasteiger charge is 2.32. The molecule has 3 unspecified atom stereocenters. The predicted molar refractivity (Wildman–Crippen MR) is 70.4 cm³/mol. The van der Waals surface area contributed by atoms with Crippen LogP contribution in [0.5, 0.6) is 5.75 Å². The van der Waals surface area contributed by atoms with Gasteiger partial charge in [-0.3, -0.25) is 5.43 Å². The maximum absolute atomic E-state index is 11.0. The van der Waals surface area contributed by atoms with Gasteiger partial charge in [0.15, 0.2) is 0 Å². The molecule has 0 bridgehead atoms. The lowest BCUT2D eigenvalue weighted by Crippen LogP contribution is -2.33. The van der Waals surface area contributed by atoms with Crippen molar-refractivity contribution in [2.24, 2.45) is 5.92 Å². The van der Waals surface area contributed by atoms with E-state index in [1.807, 2.05) is 19.1 Å². The molecule has 1 heterocycles. The van der Waals surface area contributed by atoms with Gasteiger partial charge in [-0.25, -0.2) is 5.43 Å². The zero-order valence-electron chi connectivity index (χ0n) is 10.8. The number of carbonyl (C=O) groups is 1. The Kier molecular flexibility index (Phi) is 4.33. The summed E-state index contributed by atoms with van der Waals surface area (Å²) in [4.78, 5) is 11.0.